The molecule has 0 N–H and O–H groups in total. The van der Waals surface area contributed by atoms with Crippen LogP contribution in [0.3, 0.4) is 0 Å². The van der Waals surface area contributed by atoms with Gasteiger partial charge in [0.05, 0.1) is 11.6 Å². The van der Waals surface area contributed by atoms with Crippen molar-refractivity contribution in [2.75, 3.05) is 13.6 Å². The highest BCUT2D eigenvalue weighted by molar-refractivity contribution is 9.11. The fourth-order valence-corrected chi connectivity index (χ4v) is 1.83. The highest BCUT2D eigenvalue weighted by Crippen LogP contribution is 2.09. The van der Waals surface area contributed by atoms with Crippen molar-refractivity contribution in [1.29, 1.82) is 5.26 Å². The smallest absolute Gasteiger partial charge is 0.0991 e. The Hall–Kier alpha value is -1.11. The fraction of sp³-hybridized carbons (Fsp3) is 0.250. The Balaban J connectivity index is 2.64. The van der Waals surface area contributed by atoms with Gasteiger partial charge in [0.15, 0.2) is 0 Å². The lowest BCUT2D eigenvalue weighted by Crippen LogP contribution is -2.18. The molecular weight excluding hydrogens is 252 g/mol. The van der Waals surface area contributed by atoms with E-state index in [-0.39, 0.29) is 0 Å². The number of rotatable bonds is 4. The fourth-order valence-electron chi connectivity index (χ4n) is 1.40. The summed E-state index contributed by atoms with van der Waals surface area (Å²) >= 11 is 3.33. The van der Waals surface area contributed by atoms with Crippen LogP contribution >= 0.6 is 15.9 Å². The van der Waals surface area contributed by atoms with Gasteiger partial charge in [-0.25, -0.2) is 0 Å². The van der Waals surface area contributed by atoms with E-state index < -0.39 is 0 Å². The first-order valence-corrected chi connectivity index (χ1v) is 5.42. The molecule has 1 rings (SSSR count). The molecule has 0 heterocycles. The van der Waals surface area contributed by atoms with Gasteiger partial charge in [-0.1, -0.05) is 34.6 Å². The minimum Gasteiger partial charge on any atom is -0.297 e. The SMILES string of the molecule is C=C(Br)CN(C)Cc1cccc(C#N)c1. The molecule has 1 aromatic rings. The van der Waals surface area contributed by atoms with Crippen molar-refractivity contribution in [2.45, 2.75) is 6.54 Å². The van der Waals surface area contributed by atoms with E-state index in [0.29, 0.717) is 5.56 Å². The van der Waals surface area contributed by atoms with Gasteiger partial charge in [0.25, 0.3) is 0 Å². The molecule has 1 aromatic carbocycles. The summed E-state index contributed by atoms with van der Waals surface area (Å²) in [5.41, 5.74) is 1.85. The maximum atomic E-state index is 8.76. The van der Waals surface area contributed by atoms with Gasteiger partial charge in [0.1, 0.15) is 0 Å². The van der Waals surface area contributed by atoms with E-state index in [9.17, 15) is 0 Å². The Kier molecular flexibility index (Phi) is 4.54. The van der Waals surface area contributed by atoms with Gasteiger partial charge in [-0.3, -0.25) is 4.90 Å². The number of hydrogen-bond acceptors (Lipinski definition) is 2. The summed E-state index contributed by atoms with van der Waals surface area (Å²) < 4.78 is 0.960. The van der Waals surface area contributed by atoms with Crippen LogP contribution in [0.1, 0.15) is 11.1 Å². The third-order valence-electron chi connectivity index (χ3n) is 1.95. The Morgan fingerprint density at radius 1 is 1.60 bits per heavy atom. The predicted octanol–water partition coefficient (Wildman–Crippen LogP) is 2.90. The molecule has 0 aliphatic rings. The van der Waals surface area contributed by atoms with Crippen LogP contribution in [0, 0.1) is 11.3 Å². The van der Waals surface area contributed by atoms with E-state index in [1.165, 1.54) is 0 Å². The average Bonchev–Trinajstić information content (AvgIpc) is 2.16. The number of likely N-dealkylation sites (N-methyl/N-ethyl adjacent to an activating group) is 1. The third kappa shape index (κ3) is 4.28. The lowest BCUT2D eigenvalue weighted by atomic mass is 10.1. The summed E-state index contributed by atoms with van der Waals surface area (Å²) in [6.45, 7) is 5.42. The summed E-state index contributed by atoms with van der Waals surface area (Å²) in [7, 11) is 2.02. The molecule has 0 aromatic heterocycles. The molecule has 0 aliphatic heterocycles. The molecule has 0 saturated heterocycles. The van der Waals surface area contributed by atoms with Crippen LogP contribution in [-0.2, 0) is 6.54 Å². The van der Waals surface area contributed by atoms with Gasteiger partial charge in [-0.15, -0.1) is 0 Å². The summed E-state index contributed by atoms with van der Waals surface area (Å²) in [6, 6.07) is 9.79. The summed E-state index contributed by atoms with van der Waals surface area (Å²) in [5.74, 6) is 0. The molecule has 0 saturated carbocycles. The van der Waals surface area contributed by atoms with Crippen LogP contribution in [0.15, 0.2) is 35.3 Å². The molecule has 0 spiro atoms. The molecule has 15 heavy (non-hydrogen) atoms. The van der Waals surface area contributed by atoms with Crippen molar-refractivity contribution >= 4 is 15.9 Å². The van der Waals surface area contributed by atoms with E-state index in [0.717, 1.165) is 23.1 Å². The standard InChI is InChI=1S/C12H13BrN2/c1-10(13)8-15(2)9-12-5-3-4-11(6-12)7-14/h3-6H,1,8-9H2,2H3. The second kappa shape index (κ2) is 5.69. The molecule has 0 bridgehead atoms. The van der Waals surface area contributed by atoms with E-state index >= 15 is 0 Å². The second-order valence-corrected chi connectivity index (χ2v) is 4.62. The zero-order chi connectivity index (χ0) is 11.3. The quantitative estimate of drug-likeness (QED) is 0.837. The first-order chi connectivity index (χ1) is 7.11. The van der Waals surface area contributed by atoms with E-state index in [4.69, 9.17) is 5.26 Å². The lowest BCUT2D eigenvalue weighted by molar-refractivity contribution is 0.362. The topological polar surface area (TPSA) is 27.0 Å². The van der Waals surface area contributed by atoms with E-state index in [1.54, 1.807) is 0 Å². The molecule has 0 atom stereocenters. The average molecular weight is 265 g/mol. The van der Waals surface area contributed by atoms with Gasteiger partial charge in [-0.2, -0.15) is 5.26 Å². The number of nitrogens with zero attached hydrogens (tertiary/aromatic N) is 2. The van der Waals surface area contributed by atoms with Gasteiger partial charge >= 0.3 is 0 Å². The molecular formula is C12H13BrN2. The molecule has 0 radical (unpaired) electrons. The Bertz CT molecular complexity index is 393. The van der Waals surface area contributed by atoms with Crippen molar-refractivity contribution in [3.05, 3.63) is 46.5 Å². The Labute approximate surface area is 99.0 Å². The molecule has 0 amide bonds. The maximum Gasteiger partial charge on any atom is 0.0991 e. The van der Waals surface area contributed by atoms with Crippen molar-refractivity contribution in [3.8, 4) is 6.07 Å². The number of hydrogen-bond donors (Lipinski definition) is 0. The number of nitriles is 1. The van der Waals surface area contributed by atoms with Crippen molar-refractivity contribution in [2.24, 2.45) is 0 Å². The molecule has 78 valence electrons. The van der Waals surface area contributed by atoms with Crippen LogP contribution in [0.5, 0.6) is 0 Å². The van der Waals surface area contributed by atoms with Crippen LogP contribution in [0.4, 0.5) is 0 Å². The van der Waals surface area contributed by atoms with Crippen molar-refractivity contribution < 1.29 is 0 Å². The minimum atomic E-state index is 0.707. The van der Waals surface area contributed by atoms with Crippen LogP contribution in [-0.4, -0.2) is 18.5 Å². The van der Waals surface area contributed by atoms with Crippen LogP contribution in [0.25, 0.3) is 0 Å². The van der Waals surface area contributed by atoms with Crippen molar-refractivity contribution in [1.82, 2.24) is 4.90 Å². The minimum absolute atomic E-state index is 0.707. The Morgan fingerprint density at radius 3 is 2.93 bits per heavy atom. The van der Waals surface area contributed by atoms with Crippen LogP contribution in [0.2, 0.25) is 0 Å². The molecule has 0 fully saturated rings. The number of halogens is 1. The maximum absolute atomic E-state index is 8.76. The highest BCUT2D eigenvalue weighted by atomic mass is 79.9. The zero-order valence-electron chi connectivity index (χ0n) is 8.70. The third-order valence-corrected chi connectivity index (χ3v) is 2.20. The molecule has 0 aliphatic carbocycles. The highest BCUT2D eigenvalue weighted by Gasteiger charge is 2.01. The number of benzene rings is 1. The molecule has 3 heteroatoms. The van der Waals surface area contributed by atoms with Gasteiger partial charge < -0.3 is 0 Å². The molecule has 0 unspecified atom stereocenters. The summed E-state index contributed by atoms with van der Waals surface area (Å²) in [4.78, 5) is 2.13. The van der Waals surface area contributed by atoms with E-state index in [1.807, 2.05) is 31.3 Å². The van der Waals surface area contributed by atoms with Gasteiger partial charge in [0, 0.05) is 17.6 Å². The first-order valence-electron chi connectivity index (χ1n) is 4.62. The zero-order valence-corrected chi connectivity index (χ0v) is 10.3. The normalized spacial score (nSPS) is 10.0. The predicted molar refractivity (Wildman–Crippen MR) is 65.6 cm³/mol. The second-order valence-electron chi connectivity index (χ2n) is 3.50. The summed E-state index contributed by atoms with van der Waals surface area (Å²) in [6.07, 6.45) is 0. The van der Waals surface area contributed by atoms with Gasteiger partial charge in [-0.05, 0) is 24.7 Å². The molecule has 2 nitrogen and oxygen atoms in total. The van der Waals surface area contributed by atoms with Crippen molar-refractivity contribution in [3.63, 3.8) is 0 Å². The summed E-state index contributed by atoms with van der Waals surface area (Å²) in [5, 5.41) is 8.76. The largest absolute Gasteiger partial charge is 0.297 e. The monoisotopic (exact) mass is 264 g/mol. The Morgan fingerprint density at radius 2 is 2.33 bits per heavy atom. The van der Waals surface area contributed by atoms with E-state index in [2.05, 4.69) is 33.5 Å². The first kappa shape index (κ1) is 12.0. The lowest BCUT2D eigenvalue weighted by Gasteiger charge is -2.15. The van der Waals surface area contributed by atoms with Crippen LogP contribution < -0.4 is 0 Å². The van der Waals surface area contributed by atoms with Gasteiger partial charge in [0.2, 0.25) is 0 Å².